The average Bonchev–Trinajstić information content (AvgIpc) is 2.54. The predicted molar refractivity (Wildman–Crippen MR) is 86.6 cm³/mol. The molecule has 6 nitrogen and oxygen atoms in total. The summed E-state index contributed by atoms with van der Waals surface area (Å²) in [5.41, 5.74) is 1.23. The highest BCUT2D eigenvalue weighted by Crippen LogP contribution is 2.09. The van der Waals surface area contributed by atoms with Gasteiger partial charge in [-0.2, -0.15) is 0 Å². The van der Waals surface area contributed by atoms with Gasteiger partial charge in [0.15, 0.2) is 6.04 Å². The largest absolute Gasteiger partial charge is 0.453 e. The number of piperazine rings is 1. The van der Waals surface area contributed by atoms with Gasteiger partial charge in [0.05, 0.1) is 7.11 Å². The standard InChI is InChI=1S/C16H22ClN3O3/c1-12(15(21)18-16(22)23-2)20-8-6-19(7-9-20)11-13-4-3-5-14(17)10-13/h3-5,10,12H,6-9,11H2,1-2H3,(H,18,21,22)/p+2/t12-/m1/s1. The minimum Gasteiger partial charge on any atom is -0.453 e. The average molecular weight is 342 g/mol. The van der Waals surface area contributed by atoms with Gasteiger partial charge in [0.2, 0.25) is 0 Å². The van der Waals surface area contributed by atoms with E-state index in [4.69, 9.17) is 11.6 Å². The van der Waals surface area contributed by atoms with Crippen molar-refractivity contribution in [2.45, 2.75) is 19.5 Å². The van der Waals surface area contributed by atoms with Crippen molar-refractivity contribution in [3.8, 4) is 0 Å². The number of hydrogen-bond acceptors (Lipinski definition) is 3. The van der Waals surface area contributed by atoms with Crippen LogP contribution in [0.4, 0.5) is 4.79 Å². The normalized spacial score (nSPS) is 22.2. The third-order valence-electron chi connectivity index (χ3n) is 4.36. The van der Waals surface area contributed by atoms with E-state index in [1.54, 1.807) is 0 Å². The van der Waals surface area contributed by atoms with Crippen LogP contribution >= 0.6 is 11.6 Å². The fourth-order valence-corrected chi connectivity index (χ4v) is 3.13. The first-order valence-electron chi connectivity index (χ1n) is 7.81. The molecule has 0 radical (unpaired) electrons. The highest BCUT2D eigenvalue weighted by atomic mass is 35.5. The molecule has 0 bridgehead atoms. The summed E-state index contributed by atoms with van der Waals surface area (Å²) in [5, 5.41) is 3.00. The van der Waals surface area contributed by atoms with E-state index in [-0.39, 0.29) is 11.9 Å². The topological polar surface area (TPSA) is 64.3 Å². The monoisotopic (exact) mass is 341 g/mol. The number of benzene rings is 1. The van der Waals surface area contributed by atoms with Crippen LogP contribution in [0, 0.1) is 0 Å². The third kappa shape index (κ3) is 5.20. The Kier molecular flexibility index (Phi) is 6.38. The van der Waals surface area contributed by atoms with Gasteiger partial charge in [0.1, 0.15) is 32.7 Å². The highest BCUT2D eigenvalue weighted by molar-refractivity contribution is 6.30. The number of amides is 2. The van der Waals surface area contributed by atoms with E-state index in [9.17, 15) is 9.59 Å². The highest BCUT2D eigenvalue weighted by Gasteiger charge is 2.31. The van der Waals surface area contributed by atoms with Crippen molar-refractivity contribution in [1.29, 1.82) is 0 Å². The summed E-state index contributed by atoms with van der Waals surface area (Å²) < 4.78 is 4.46. The zero-order chi connectivity index (χ0) is 16.8. The molecule has 1 fully saturated rings. The number of nitrogens with one attached hydrogen (secondary N) is 3. The summed E-state index contributed by atoms with van der Waals surface area (Å²) in [5.74, 6) is -0.287. The lowest BCUT2D eigenvalue weighted by molar-refractivity contribution is -1.02. The molecule has 7 heteroatoms. The van der Waals surface area contributed by atoms with Crippen molar-refractivity contribution >= 4 is 23.6 Å². The smallest absolute Gasteiger partial charge is 0.413 e. The molecule has 1 aromatic carbocycles. The van der Waals surface area contributed by atoms with Crippen LogP contribution in [0.2, 0.25) is 5.02 Å². The van der Waals surface area contributed by atoms with E-state index in [2.05, 4.69) is 16.1 Å². The first kappa shape index (κ1) is 17.7. The van der Waals surface area contributed by atoms with Gasteiger partial charge in [-0.3, -0.25) is 10.1 Å². The fourth-order valence-electron chi connectivity index (χ4n) is 2.92. The molecule has 2 amide bonds. The van der Waals surface area contributed by atoms with E-state index in [1.807, 2.05) is 25.1 Å². The molecule has 1 heterocycles. The van der Waals surface area contributed by atoms with Gasteiger partial charge in [0.25, 0.3) is 5.91 Å². The van der Waals surface area contributed by atoms with Gasteiger partial charge >= 0.3 is 6.09 Å². The van der Waals surface area contributed by atoms with Crippen LogP contribution in [-0.4, -0.2) is 51.3 Å². The molecule has 1 aromatic rings. The van der Waals surface area contributed by atoms with Crippen LogP contribution in [-0.2, 0) is 16.1 Å². The van der Waals surface area contributed by atoms with Crippen molar-refractivity contribution in [3.63, 3.8) is 0 Å². The molecule has 1 aliphatic rings. The molecule has 0 aromatic heterocycles. The molecule has 3 N–H and O–H groups in total. The number of alkyl carbamates (subject to hydrolysis) is 1. The predicted octanol–water partition coefficient (Wildman–Crippen LogP) is -1.11. The summed E-state index contributed by atoms with van der Waals surface area (Å²) in [6.07, 6.45) is -0.702. The van der Waals surface area contributed by atoms with Crippen molar-refractivity contribution < 1.29 is 24.1 Å². The number of halogens is 1. The van der Waals surface area contributed by atoms with Gasteiger partial charge in [-0.25, -0.2) is 4.79 Å². The summed E-state index contributed by atoms with van der Waals surface area (Å²) in [6.45, 7) is 6.54. The van der Waals surface area contributed by atoms with Gasteiger partial charge in [0, 0.05) is 10.6 Å². The number of carbonyl (C=O) groups excluding carboxylic acids is 2. The van der Waals surface area contributed by atoms with E-state index in [1.165, 1.54) is 22.5 Å². The summed E-state index contributed by atoms with van der Waals surface area (Å²) in [4.78, 5) is 25.8. The lowest BCUT2D eigenvalue weighted by atomic mass is 10.1. The fraction of sp³-hybridized carbons (Fsp3) is 0.500. The lowest BCUT2D eigenvalue weighted by Gasteiger charge is -2.32. The second kappa shape index (κ2) is 8.29. The maximum Gasteiger partial charge on any atom is 0.413 e. The van der Waals surface area contributed by atoms with E-state index in [0.717, 1.165) is 37.7 Å². The van der Waals surface area contributed by atoms with Crippen LogP contribution in [0.15, 0.2) is 24.3 Å². The number of ether oxygens (including phenoxy) is 1. The number of quaternary nitrogens is 2. The Bertz CT molecular complexity index is 559. The van der Waals surface area contributed by atoms with Crippen molar-refractivity contribution in [1.82, 2.24) is 5.32 Å². The maximum atomic E-state index is 12.0. The molecule has 1 saturated heterocycles. The Labute approximate surface area is 141 Å². The van der Waals surface area contributed by atoms with Crippen LogP contribution in [0.25, 0.3) is 0 Å². The third-order valence-corrected chi connectivity index (χ3v) is 4.59. The Hall–Kier alpha value is -1.63. The Morgan fingerprint density at radius 2 is 2.00 bits per heavy atom. The lowest BCUT2D eigenvalue weighted by Crippen LogP contribution is -3.29. The molecule has 0 saturated carbocycles. The minimum absolute atomic E-state index is 0.262. The molecule has 2 rings (SSSR count). The first-order chi connectivity index (χ1) is 11.0. The maximum absolute atomic E-state index is 12.0. The van der Waals surface area contributed by atoms with Crippen LogP contribution in [0.1, 0.15) is 12.5 Å². The summed E-state index contributed by atoms with van der Waals surface area (Å²) in [7, 11) is 1.25. The van der Waals surface area contributed by atoms with E-state index >= 15 is 0 Å². The van der Waals surface area contributed by atoms with Gasteiger partial charge in [-0.05, 0) is 19.1 Å². The SMILES string of the molecule is COC(=O)NC(=O)[C@@H](C)[NH+]1CC[NH+](Cc2cccc(Cl)c2)CC1. The second-order valence-corrected chi connectivity index (χ2v) is 6.35. The molecule has 1 atom stereocenters. The molecular formula is C16H24ClN3O3+2. The van der Waals surface area contributed by atoms with Crippen LogP contribution < -0.4 is 15.1 Å². The van der Waals surface area contributed by atoms with Crippen LogP contribution in [0.3, 0.4) is 0 Å². The van der Waals surface area contributed by atoms with Gasteiger partial charge < -0.3 is 14.5 Å². The van der Waals surface area contributed by atoms with Gasteiger partial charge in [-0.1, -0.05) is 23.7 Å². The number of methoxy groups -OCH3 is 1. The molecule has 0 spiro atoms. The van der Waals surface area contributed by atoms with Crippen molar-refractivity contribution in [2.75, 3.05) is 33.3 Å². The zero-order valence-corrected chi connectivity index (χ0v) is 14.3. The quantitative estimate of drug-likeness (QED) is 0.651. The number of hydrogen-bond donors (Lipinski definition) is 3. The van der Waals surface area contributed by atoms with Crippen molar-refractivity contribution in [3.05, 3.63) is 34.9 Å². The molecule has 0 unspecified atom stereocenters. The number of imide groups is 1. The second-order valence-electron chi connectivity index (χ2n) is 5.92. The molecule has 126 valence electrons. The Morgan fingerprint density at radius 3 is 2.61 bits per heavy atom. The van der Waals surface area contributed by atoms with Gasteiger partial charge in [-0.15, -0.1) is 0 Å². The number of carbonyl (C=O) groups is 2. The summed E-state index contributed by atoms with van der Waals surface area (Å²) >= 11 is 6.02. The number of rotatable bonds is 4. The summed E-state index contributed by atoms with van der Waals surface area (Å²) in [6, 6.07) is 7.67. The van der Waals surface area contributed by atoms with E-state index < -0.39 is 6.09 Å². The Morgan fingerprint density at radius 1 is 1.30 bits per heavy atom. The van der Waals surface area contributed by atoms with Crippen LogP contribution in [0.5, 0.6) is 0 Å². The molecular weight excluding hydrogens is 318 g/mol. The molecule has 23 heavy (non-hydrogen) atoms. The first-order valence-corrected chi connectivity index (χ1v) is 8.18. The Balaban J connectivity index is 1.81. The molecule has 1 aliphatic heterocycles. The minimum atomic E-state index is -0.702. The van der Waals surface area contributed by atoms with Crippen molar-refractivity contribution in [2.24, 2.45) is 0 Å². The zero-order valence-electron chi connectivity index (χ0n) is 13.5. The molecule has 0 aliphatic carbocycles. The van der Waals surface area contributed by atoms with E-state index in [0.29, 0.717) is 0 Å².